The Balaban J connectivity index is 2.69. The molecule has 0 unspecified atom stereocenters. The number of quaternary nitrogens is 1. The van der Waals surface area contributed by atoms with E-state index in [0.29, 0.717) is 0 Å². The van der Waals surface area contributed by atoms with Crippen LogP contribution in [0.4, 0.5) is 0 Å². The van der Waals surface area contributed by atoms with Crippen LogP contribution in [0.3, 0.4) is 0 Å². The maximum atomic E-state index is 5.23. The van der Waals surface area contributed by atoms with Crippen LogP contribution in [0, 0.1) is 0 Å². The summed E-state index contributed by atoms with van der Waals surface area (Å²) in [5.41, 5.74) is 1.32. The molecule has 0 atom stereocenters. The third kappa shape index (κ3) is 2.01. The molecule has 0 aromatic heterocycles. The minimum absolute atomic E-state index is 1.02. The van der Waals surface area contributed by atoms with Crippen LogP contribution in [0.2, 0.25) is 0 Å². The Bertz CT molecular complexity index is 196. The minimum atomic E-state index is 1.02. The molecule has 1 saturated heterocycles. The molecule has 1 aliphatic rings. The van der Waals surface area contributed by atoms with Crippen LogP contribution in [-0.2, 0) is 0 Å². The summed E-state index contributed by atoms with van der Waals surface area (Å²) in [5, 5.41) is 0. The first-order chi connectivity index (χ1) is 5.11. The van der Waals surface area contributed by atoms with Crippen molar-refractivity contribution in [2.24, 2.45) is 0 Å². The summed E-state index contributed by atoms with van der Waals surface area (Å²) in [4.78, 5) is 4.48. The predicted octanol–water partition coefficient (Wildman–Crippen LogP) is -0.322. The van der Waals surface area contributed by atoms with Gasteiger partial charge in [-0.3, -0.25) is 0 Å². The molecular formula is C8H15N2S+. The highest BCUT2D eigenvalue weighted by Crippen LogP contribution is 2.14. The minimum Gasteiger partial charge on any atom is -0.365 e. The molecule has 1 fully saturated rings. The van der Waals surface area contributed by atoms with E-state index < -0.39 is 0 Å². The third-order valence-corrected chi connectivity index (χ3v) is 2.37. The van der Waals surface area contributed by atoms with Crippen molar-refractivity contribution in [2.75, 3.05) is 27.7 Å². The molecule has 11 heavy (non-hydrogen) atoms. The number of hydrogen-bond acceptors (Lipinski definition) is 1. The van der Waals surface area contributed by atoms with Gasteiger partial charge in [0, 0.05) is 19.2 Å². The van der Waals surface area contributed by atoms with E-state index in [1.165, 1.54) is 10.5 Å². The smallest absolute Gasteiger partial charge is 0.110 e. The summed E-state index contributed by atoms with van der Waals surface area (Å²) < 4.78 is 0. The molecule has 2 nitrogen and oxygen atoms in total. The van der Waals surface area contributed by atoms with Gasteiger partial charge in [0.2, 0.25) is 0 Å². The Morgan fingerprint density at radius 1 is 1.55 bits per heavy atom. The highest BCUT2D eigenvalue weighted by Gasteiger charge is 2.19. The average Bonchev–Trinajstić information content (AvgIpc) is 2.18. The average molecular weight is 171 g/mol. The zero-order valence-corrected chi connectivity index (χ0v) is 8.16. The number of hydrogen-bond donors (Lipinski definition) is 1. The monoisotopic (exact) mass is 171 g/mol. The summed E-state index contributed by atoms with van der Waals surface area (Å²) in [6.07, 6.45) is 3.30. The Labute approximate surface area is 73.5 Å². The van der Waals surface area contributed by atoms with Gasteiger partial charge in [0.15, 0.2) is 0 Å². The van der Waals surface area contributed by atoms with E-state index in [1.54, 1.807) is 0 Å². The van der Waals surface area contributed by atoms with Crippen molar-refractivity contribution in [2.45, 2.75) is 6.42 Å². The lowest BCUT2D eigenvalue weighted by Gasteiger charge is -2.08. The predicted molar refractivity (Wildman–Crippen MR) is 50.7 cm³/mol. The van der Waals surface area contributed by atoms with Gasteiger partial charge < -0.3 is 9.80 Å². The van der Waals surface area contributed by atoms with Crippen molar-refractivity contribution in [3.8, 4) is 0 Å². The molecule has 0 spiro atoms. The van der Waals surface area contributed by atoms with E-state index in [-0.39, 0.29) is 0 Å². The molecule has 0 bridgehead atoms. The molecule has 0 radical (unpaired) electrons. The summed E-state index contributed by atoms with van der Waals surface area (Å²) >= 11 is 5.23. The van der Waals surface area contributed by atoms with Crippen LogP contribution in [0.15, 0.2) is 11.8 Å². The second-order valence-electron chi connectivity index (χ2n) is 3.22. The van der Waals surface area contributed by atoms with Crippen LogP contribution >= 0.6 is 12.2 Å². The number of likely N-dealkylation sites (N-methyl/N-ethyl adjacent to an activating group) is 1. The maximum absolute atomic E-state index is 5.23. The van der Waals surface area contributed by atoms with Crippen LogP contribution < -0.4 is 4.90 Å². The zero-order valence-electron chi connectivity index (χ0n) is 7.35. The Kier molecular flexibility index (Phi) is 2.62. The first-order valence-electron chi connectivity index (χ1n) is 3.87. The fourth-order valence-electron chi connectivity index (χ4n) is 1.22. The van der Waals surface area contributed by atoms with Gasteiger partial charge in [-0.2, -0.15) is 0 Å². The van der Waals surface area contributed by atoms with Crippen LogP contribution in [0.5, 0.6) is 0 Å². The lowest BCUT2D eigenvalue weighted by Crippen LogP contribution is -3.00. The lowest BCUT2D eigenvalue weighted by molar-refractivity contribution is -0.801. The van der Waals surface area contributed by atoms with Crippen LogP contribution in [0.1, 0.15) is 6.42 Å². The molecule has 0 aliphatic carbocycles. The molecule has 1 N–H and O–H groups in total. The first kappa shape index (κ1) is 8.68. The summed E-state index contributed by atoms with van der Waals surface area (Å²) in [6, 6.07) is 0. The van der Waals surface area contributed by atoms with Gasteiger partial charge in [0.1, 0.15) is 11.2 Å². The Hall–Kier alpha value is -0.410. The van der Waals surface area contributed by atoms with Crippen LogP contribution in [-0.4, -0.2) is 37.6 Å². The second-order valence-corrected chi connectivity index (χ2v) is 3.61. The number of thiocarbonyl (C=S) groups is 1. The van der Waals surface area contributed by atoms with E-state index in [4.69, 9.17) is 12.2 Å². The van der Waals surface area contributed by atoms with Gasteiger partial charge >= 0.3 is 0 Å². The van der Waals surface area contributed by atoms with E-state index in [2.05, 4.69) is 25.2 Å². The Morgan fingerprint density at radius 3 is 2.55 bits per heavy atom. The molecule has 62 valence electrons. The van der Waals surface area contributed by atoms with E-state index in [1.807, 2.05) is 7.05 Å². The highest BCUT2D eigenvalue weighted by molar-refractivity contribution is 7.80. The SMILES string of the molecule is CN1CCC(=C[NH+](C)C)C1=S. The van der Waals surface area contributed by atoms with E-state index in [9.17, 15) is 0 Å². The first-order valence-corrected chi connectivity index (χ1v) is 4.28. The molecule has 0 amide bonds. The lowest BCUT2D eigenvalue weighted by atomic mass is 10.2. The van der Waals surface area contributed by atoms with Crippen molar-refractivity contribution in [3.05, 3.63) is 11.8 Å². The molecule has 1 heterocycles. The van der Waals surface area contributed by atoms with Crippen molar-refractivity contribution < 1.29 is 4.90 Å². The van der Waals surface area contributed by atoms with E-state index >= 15 is 0 Å². The highest BCUT2D eigenvalue weighted by atomic mass is 32.1. The van der Waals surface area contributed by atoms with E-state index in [0.717, 1.165) is 18.0 Å². The van der Waals surface area contributed by atoms with Crippen LogP contribution in [0.25, 0.3) is 0 Å². The van der Waals surface area contributed by atoms with Gasteiger partial charge in [-0.15, -0.1) is 0 Å². The molecule has 3 heteroatoms. The van der Waals surface area contributed by atoms with Gasteiger partial charge in [-0.05, 0) is 6.42 Å². The van der Waals surface area contributed by atoms with Crippen molar-refractivity contribution in [1.29, 1.82) is 0 Å². The number of nitrogens with one attached hydrogen (secondary N) is 1. The van der Waals surface area contributed by atoms with Gasteiger partial charge in [-0.25, -0.2) is 0 Å². The largest absolute Gasteiger partial charge is 0.365 e. The number of likely N-dealkylation sites (tertiary alicyclic amines) is 1. The summed E-state index contributed by atoms with van der Waals surface area (Å²) in [6.45, 7) is 1.08. The number of nitrogens with zero attached hydrogens (tertiary/aromatic N) is 1. The topological polar surface area (TPSA) is 7.68 Å². The quantitative estimate of drug-likeness (QED) is 0.427. The second kappa shape index (κ2) is 3.32. The molecule has 0 aromatic carbocycles. The third-order valence-electron chi connectivity index (χ3n) is 1.80. The molecule has 1 aliphatic heterocycles. The molecule has 0 aromatic rings. The molecule has 0 saturated carbocycles. The summed E-state index contributed by atoms with van der Waals surface area (Å²) in [7, 11) is 6.26. The standard InChI is InChI=1S/C8H14N2S/c1-9(2)6-7-4-5-10(3)8(7)11/h6H,4-5H2,1-3H3/p+1. The molecular weight excluding hydrogens is 156 g/mol. The fourth-order valence-corrected chi connectivity index (χ4v) is 1.48. The Morgan fingerprint density at radius 2 is 2.18 bits per heavy atom. The zero-order chi connectivity index (χ0) is 8.43. The maximum Gasteiger partial charge on any atom is 0.110 e. The van der Waals surface area contributed by atoms with Gasteiger partial charge in [0.25, 0.3) is 0 Å². The van der Waals surface area contributed by atoms with Gasteiger partial charge in [-0.1, -0.05) is 12.2 Å². The van der Waals surface area contributed by atoms with Crippen molar-refractivity contribution in [1.82, 2.24) is 4.90 Å². The fraction of sp³-hybridized carbons (Fsp3) is 0.625. The number of rotatable bonds is 1. The van der Waals surface area contributed by atoms with Crippen molar-refractivity contribution in [3.63, 3.8) is 0 Å². The van der Waals surface area contributed by atoms with Crippen molar-refractivity contribution >= 4 is 17.2 Å². The normalized spacial score (nSPS) is 22.4. The molecule has 1 rings (SSSR count). The van der Waals surface area contributed by atoms with Gasteiger partial charge in [0.05, 0.1) is 14.1 Å². The summed E-state index contributed by atoms with van der Waals surface area (Å²) in [5.74, 6) is 0.